The molecule has 0 aliphatic heterocycles. The monoisotopic (exact) mass is 382 g/mol. The molecule has 3 N–H and O–H groups in total. The number of carbonyl (C=O) groups is 1. The van der Waals surface area contributed by atoms with Crippen molar-refractivity contribution in [1.82, 2.24) is 20.9 Å². The lowest BCUT2D eigenvalue weighted by molar-refractivity contribution is -0.129. The molecule has 2 rings (SSSR count). The Balaban J connectivity index is 1.82. The highest BCUT2D eigenvalue weighted by Gasteiger charge is 2.23. The van der Waals surface area contributed by atoms with Gasteiger partial charge in [0.05, 0.1) is 6.54 Å². The van der Waals surface area contributed by atoms with Crippen molar-refractivity contribution in [2.24, 2.45) is 5.92 Å². The van der Waals surface area contributed by atoms with Crippen molar-refractivity contribution in [3.8, 4) is 0 Å². The fourth-order valence-electron chi connectivity index (χ4n) is 3.76. The lowest BCUT2D eigenvalue weighted by Gasteiger charge is -2.22. The van der Waals surface area contributed by atoms with Gasteiger partial charge in [0.2, 0.25) is 11.8 Å². The van der Waals surface area contributed by atoms with Crippen LogP contribution in [0.1, 0.15) is 81.8 Å². The van der Waals surface area contributed by atoms with Crippen LogP contribution in [0.4, 0.5) is 0 Å². The minimum absolute atomic E-state index is 0.157. The molecule has 0 radical (unpaired) electrons. The van der Waals surface area contributed by atoms with Crippen LogP contribution in [0.15, 0.2) is 4.52 Å². The Morgan fingerprint density at radius 1 is 1.33 bits per heavy atom. The zero-order chi connectivity index (χ0) is 19.3. The molecule has 1 saturated carbocycles. The first-order chi connectivity index (χ1) is 13.2. The summed E-state index contributed by atoms with van der Waals surface area (Å²) in [5.41, 5.74) is 1.71. The molecule has 0 bridgehead atoms. The minimum Gasteiger partial charge on any atom is -0.385 e. The van der Waals surface area contributed by atoms with E-state index in [2.05, 4.69) is 15.5 Å². The molecule has 1 heterocycles. The zero-order valence-electron chi connectivity index (χ0n) is 16.4. The van der Waals surface area contributed by atoms with Gasteiger partial charge in [-0.05, 0) is 25.3 Å². The average molecular weight is 383 g/mol. The highest BCUT2D eigenvalue weighted by Crippen LogP contribution is 2.31. The second-order valence-corrected chi connectivity index (χ2v) is 7.44. The van der Waals surface area contributed by atoms with E-state index in [4.69, 9.17) is 14.5 Å². The van der Waals surface area contributed by atoms with Crippen molar-refractivity contribution in [1.29, 1.82) is 0 Å². The second-order valence-electron chi connectivity index (χ2n) is 7.44. The number of carbonyl (C=O) groups excluding carboxylic acids is 1. The molecule has 0 unspecified atom stereocenters. The highest BCUT2D eigenvalue weighted by atomic mass is 16.5. The van der Waals surface area contributed by atoms with Gasteiger partial charge < -0.3 is 14.6 Å². The summed E-state index contributed by atoms with van der Waals surface area (Å²) in [4.78, 5) is 16.1. The number of aromatic nitrogens is 2. The molecule has 1 amide bonds. The van der Waals surface area contributed by atoms with E-state index in [0.29, 0.717) is 24.9 Å². The van der Waals surface area contributed by atoms with Crippen molar-refractivity contribution >= 4 is 5.91 Å². The Labute approximate surface area is 161 Å². The van der Waals surface area contributed by atoms with Gasteiger partial charge in [-0.2, -0.15) is 4.98 Å². The first-order valence-electron chi connectivity index (χ1n) is 10.2. The van der Waals surface area contributed by atoms with E-state index < -0.39 is 5.91 Å². The first-order valence-corrected chi connectivity index (χ1v) is 10.2. The number of amides is 1. The molecule has 1 aromatic heterocycles. The Morgan fingerprint density at radius 3 is 2.89 bits per heavy atom. The van der Waals surface area contributed by atoms with Gasteiger partial charge in [0.25, 0.3) is 0 Å². The van der Waals surface area contributed by atoms with Crippen molar-refractivity contribution in [2.45, 2.75) is 76.7 Å². The number of ether oxygens (including phenoxy) is 1. The summed E-state index contributed by atoms with van der Waals surface area (Å²) in [6.07, 6.45) is 10.8. The maximum absolute atomic E-state index is 11.7. The fraction of sp³-hybridized carbons (Fsp3) is 0.842. The van der Waals surface area contributed by atoms with Crippen LogP contribution in [0.2, 0.25) is 0 Å². The third-order valence-electron chi connectivity index (χ3n) is 5.26. The van der Waals surface area contributed by atoms with Crippen molar-refractivity contribution in [3.05, 3.63) is 11.7 Å². The Kier molecular flexibility index (Phi) is 10.3. The standard InChI is InChI=1S/C19H34N4O4/c1-26-12-6-11-20-14-17-21-19(27-23-17)16(13-18(24)22-25)10-5-9-15-7-3-2-4-8-15/h15-16,20,25H,2-14H2,1H3,(H,22,24)/t16-/m1/s1. The van der Waals surface area contributed by atoms with Gasteiger partial charge in [-0.1, -0.05) is 50.1 Å². The van der Waals surface area contributed by atoms with Crippen molar-refractivity contribution in [3.63, 3.8) is 0 Å². The van der Waals surface area contributed by atoms with Gasteiger partial charge in [-0.25, -0.2) is 5.48 Å². The number of nitrogens with zero attached hydrogens (tertiary/aromatic N) is 2. The van der Waals surface area contributed by atoms with Crippen LogP contribution < -0.4 is 10.8 Å². The summed E-state index contributed by atoms with van der Waals surface area (Å²) in [7, 11) is 1.68. The molecule has 0 saturated heterocycles. The van der Waals surface area contributed by atoms with Crippen LogP contribution in [0, 0.1) is 5.92 Å². The van der Waals surface area contributed by atoms with E-state index in [1.807, 2.05) is 0 Å². The summed E-state index contributed by atoms with van der Waals surface area (Å²) in [5.74, 6) is 1.30. The predicted molar refractivity (Wildman–Crippen MR) is 100 cm³/mol. The van der Waals surface area contributed by atoms with E-state index in [1.54, 1.807) is 12.6 Å². The van der Waals surface area contributed by atoms with Crippen LogP contribution in [0.25, 0.3) is 0 Å². The second kappa shape index (κ2) is 12.8. The van der Waals surface area contributed by atoms with Crippen LogP contribution in [0.3, 0.4) is 0 Å². The summed E-state index contributed by atoms with van der Waals surface area (Å²) >= 11 is 0. The summed E-state index contributed by atoms with van der Waals surface area (Å²) in [6, 6.07) is 0. The first kappa shape index (κ1) is 21.8. The molecule has 8 nitrogen and oxygen atoms in total. The molecule has 1 aromatic rings. The van der Waals surface area contributed by atoms with Crippen LogP contribution in [-0.2, 0) is 16.1 Å². The Morgan fingerprint density at radius 2 is 2.15 bits per heavy atom. The lowest BCUT2D eigenvalue weighted by atomic mass is 9.84. The third kappa shape index (κ3) is 8.36. The predicted octanol–water partition coefficient (Wildman–Crippen LogP) is 2.93. The molecule has 27 heavy (non-hydrogen) atoms. The maximum Gasteiger partial charge on any atom is 0.244 e. The Bertz CT molecular complexity index is 532. The number of rotatable bonds is 13. The molecular formula is C19H34N4O4. The van der Waals surface area contributed by atoms with Gasteiger partial charge in [-0.15, -0.1) is 0 Å². The van der Waals surface area contributed by atoms with E-state index in [9.17, 15) is 4.79 Å². The number of hydrogen-bond acceptors (Lipinski definition) is 7. The Hall–Kier alpha value is -1.51. The number of methoxy groups -OCH3 is 1. The average Bonchev–Trinajstić information content (AvgIpc) is 3.16. The lowest BCUT2D eigenvalue weighted by Crippen LogP contribution is -2.21. The van der Waals surface area contributed by atoms with Crippen LogP contribution >= 0.6 is 0 Å². The van der Waals surface area contributed by atoms with Gasteiger partial charge in [0, 0.05) is 26.1 Å². The molecule has 1 atom stereocenters. The number of hydrogen-bond donors (Lipinski definition) is 3. The van der Waals surface area contributed by atoms with E-state index >= 15 is 0 Å². The van der Waals surface area contributed by atoms with Crippen LogP contribution in [-0.4, -0.2) is 41.5 Å². The molecule has 1 fully saturated rings. The molecule has 0 aromatic carbocycles. The minimum atomic E-state index is -0.421. The topological polar surface area (TPSA) is 110 Å². The highest BCUT2D eigenvalue weighted by molar-refractivity contribution is 5.75. The SMILES string of the molecule is COCCCNCc1noc([C@H](CCCC2CCCCC2)CC(=O)NO)n1. The summed E-state index contributed by atoms with van der Waals surface area (Å²) in [6.45, 7) is 2.05. The molecule has 154 valence electrons. The van der Waals surface area contributed by atoms with Gasteiger partial charge in [-0.3, -0.25) is 10.0 Å². The number of nitrogens with one attached hydrogen (secondary N) is 2. The van der Waals surface area contributed by atoms with E-state index in [-0.39, 0.29) is 12.3 Å². The smallest absolute Gasteiger partial charge is 0.244 e. The van der Waals surface area contributed by atoms with Crippen molar-refractivity contribution < 1.29 is 19.3 Å². The summed E-state index contributed by atoms with van der Waals surface area (Å²) in [5, 5.41) is 16.1. The molecule has 1 aliphatic rings. The van der Waals surface area contributed by atoms with Crippen molar-refractivity contribution in [2.75, 3.05) is 20.3 Å². The largest absolute Gasteiger partial charge is 0.385 e. The van der Waals surface area contributed by atoms with Gasteiger partial charge in [0.15, 0.2) is 5.82 Å². The molecule has 0 spiro atoms. The quantitative estimate of drug-likeness (QED) is 0.273. The van der Waals surface area contributed by atoms with E-state index in [1.165, 1.54) is 38.5 Å². The van der Waals surface area contributed by atoms with E-state index in [0.717, 1.165) is 31.7 Å². The maximum atomic E-state index is 11.7. The normalized spacial score (nSPS) is 16.4. The third-order valence-corrected chi connectivity index (χ3v) is 5.26. The number of hydroxylamine groups is 1. The van der Waals surface area contributed by atoms with Crippen LogP contribution in [0.5, 0.6) is 0 Å². The van der Waals surface area contributed by atoms with Gasteiger partial charge >= 0.3 is 0 Å². The summed E-state index contributed by atoms with van der Waals surface area (Å²) < 4.78 is 10.4. The fourth-order valence-corrected chi connectivity index (χ4v) is 3.76. The molecule has 8 heteroatoms. The zero-order valence-corrected chi connectivity index (χ0v) is 16.4. The molecular weight excluding hydrogens is 348 g/mol. The van der Waals surface area contributed by atoms with Gasteiger partial charge in [0.1, 0.15) is 0 Å². The molecule has 1 aliphatic carbocycles.